The van der Waals surface area contributed by atoms with Gasteiger partial charge in [0.25, 0.3) is 5.91 Å². The van der Waals surface area contributed by atoms with Gasteiger partial charge in [-0.2, -0.15) is 0 Å². The normalized spacial score (nSPS) is 26.2. The van der Waals surface area contributed by atoms with Crippen molar-refractivity contribution in [3.05, 3.63) is 10.6 Å². The average Bonchev–Trinajstić information content (AvgIpc) is 2.92. The summed E-state index contributed by atoms with van der Waals surface area (Å²) in [6.07, 6.45) is 2.15. The van der Waals surface area contributed by atoms with Gasteiger partial charge in [-0.25, -0.2) is 4.98 Å². The number of likely N-dealkylation sites (tertiary alicyclic amines) is 1. The highest BCUT2D eigenvalue weighted by molar-refractivity contribution is 7.17. The van der Waals surface area contributed by atoms with Gasteiger partial charge < -0.3 is 20.1 Å². The number of nitrogens with one attached hydrogen (secondary N) is 1. The van der Waals surface area contributed by atoms with Crippen molar-refractivity contribution in [2.45, 2.75) is 45.3 Å². The number of anilines is 1. The zero-order valence-electron chi connectivity index (χ0n) is 14.0. The molecule has 0 aromatic carbocycles. The Bertz CT molecular complexity index is 581. The lowest BCUT2D eigenvalue weighted by Gasteiger charge is -2.56. The zero-order chi connectivity index (χ0) is 16.6. The highest BCUT2D eigenvalue weighted by Gasteiger charge is 2.56. The van der Waals surface area contributed by atoms with Gasteiger partial charge in [0.15, 0.2) is 5.13 Å². The smallest absolute Gasteiger partial charge is 0.265 e. The minimum Gasteiger partial charge on any atom is -0.392 e. The summed E-state index contributed by atoms with van der Waals surface area (Å²) in [6, 6.07) is 0. The molecular formula is C16H25N3O3S. The lowest BCUT2D eigenvalue weighted by molar-refractivity contribution is -0.199. The molecule has 1 amide bonds. The molecule has 128 valence electrons. The van der Waals surface area contributed by atoms with Gasteiger partial charge in [-0.3, -0.25) is 4.79 Å². The van der Waals surface area contributed by atoms with Gasteiger partial charge in [-0.1, -0.05) is 11.3 Å². The second-order valence-corrected chi connectivity index (χ2v) is 7.46. The molecule has 2 aliphatic rings. The van der Waals surface area contributed by atoms with Crippen LogP contribution in [-0.2, 0) is 4.74 Å². The predicted molar refractivity (Wildman–Crippen MR) is 90.0 cm³/mol. The number of nitrogens with zero attached hydrogens (tertiary/aromatic N) is 2. The van der Waals surface area contributed by atoms with Gasteiger partial charge >= 0.3 is 0 Å². The third kappa shape index (κ3) is 2.75. The van der Waals surface area contributed by atoms with E-state index >= 15 is 0 Å². The van der Waals surface area contributed by atoms with Crippen LogP contribution >= 0.6 is 11.3 Å². The number of hydrogen-bond acceptors (Lipinski definition) is 6. The second kappa shape index (κ2) is 6.37. The minimum atomic E-state index is -0.296. The Balaban J connectivity index is 1.67. The van der Waals surface area contributed by atoms with Crippen LogP contribution in [0.2, 0.25) is 0 Å². The molecule has 1 aliphatic heterocycles. The molecule has 23 heavy (non-hydrogen) atoms. The summed E-state index contributed by atoms with van der Waals surface area (Å²) in [5, 5.41) is 14.1. The number of ether oxygens (including phenoxy) is 1. The van der Waals surface area contributed by atoms with Crippen LogP contribution in [0.15, 0.2) is 0 Å². The summed E-state index contributed by atoms with van der Waals surface area (Å²) < 4.78 is 5.50. The van der Waals surface area contributed by atoms with Crippen LogP contribution in [0, 0.1) is 12.3 Å². The van der Waals surface area contributed by atoms with E-state index in [9.17, 15) is 9.90 Å². The van der Waals surface area contributed by atoms with Crippen molar-refractivity contribution in [2.75, 3.05) is 32.1 Å². The summed E-state index contributed by atoms with van der Waals surface area (Å²) >= 11 is 1.42. The molecule has 1 saturated heterocycles. The van der Waals surface area contributed by atoms with E-state index in [0.29, 0.717) is 24.4 Å². The quantitative estimate of drug-likeness (QED) is 0.876. The van der Waals surface area contributed by atoms with Crippen LogP contribution in [0.4, 0.5) is 5.13 Å². The molecule has 2 fully saturated rings. The van der Waals surface area contributed by atoms with Crippen LogP contribution in [-0.4, -0.2) is 59.8 Å². The molecule has 2 N–H and O–H groups in total. The van der Waals surface area contributed by atoms with Crippen molar-refractivity contribution in [1.29, 1.82) is 0 Å². The number of hydrogen-bond donors (Lipinski definition) is 2. The molecule has 2 heterocycles. The summed E-state index contributed by atoms with van der Waals surface area (Å²) in [7, 11) is 1.71. The monoisotopic (exact) mass is 339 g/mol. The van der Waals surface area contributed by atoms with E-state index in [1.165, 1.54) is 11.3 Å². The molecule has 1 spiro atoms. The van der Waals surface area contributed by atoms with E-state index in [4.69, 9.17) is 4.74 Å². The second-order valence-electron chi connectivity index (χ2n) is 6.47. The van der Waals surface area contributed by atoms with Crippen molar-refractivity contribution in [1.82, 2.24) is 9.88 Å². The average molecular weight is 339 g/mol. The third-order valence-corrected chi connectivity index (χ3v) is 6.43. The molecule has 0 bridgehead atoms. The number of aliphatic hydroxyl groups is 1. The van der Waals surface area contributed by atoms with E-state index < -0.39 is 0 Å². The number of methoxy groups -OCH3 is 1. The van der Waals surface area contributed by atoms with E-state index in [-0.39, 0.29) is 23.5 Å². The number of piperidine rings is 1. The summed E-state index contributed by atoms with van der Waals surface area (Å²) in [5.74, 6) is 0.0572. The zero-order valence-corrected chi connectivity index (χ0v) is 14.8. The molecule has 7 heteroatoms. The molecule has 0 unspecified atom stereocenters. The van der Waals surface area contributed by atoms with Crippen molar-refractivity contribution in [2.24, 2.45) is 5.41 Å². The van der Waals surface area contributed by atoms with Crippen LogP contribution in [0.5, 0.6) is 0 Å². The lowest BCUT2D eigenvalue weighted by Crippen LogP contribution is -2.62. The summed E-state index contributed by atoms with van der Waals surface area (Å²) in [4.78, 5) is 19.8. The van der Waals surface area contributed by atoms with Crippen LogP contribution in [0.3, 0.4) is 0 Å². The molecule has 6 nitrogen and oxygen atoms in total. The number of aliphatic hydroxyl groups excluding tert-OH is 1. The highest BCUT2D eigenvalue weighted by atomic mass is 32.1. The van der Waals surface area contributed by atoms with Crippen molar-refractivity contribution in [3.8, 4) is 0 Å². The Kier molecular flexibility index (Phi) is 4.62. The molecule has 2 atom stereocenters. The first-order valence-corrected chi connectivity index (χ1v) is 9.05. The van der Waals surface area contributed by atoms with E-state index in [0.717, 1.165) is 30.2 Å². The molecule has 0 radical (unpaired) electrons. The minimum absolute atomic E-state index is 0.0572. The topological polar surface area (TPSA) is 74.7 Å². The number of rotatable bonds is 4. The van der Waals surface area contributed by atoms with Crippen molar-refractivity contribution < 1.29 is 14.6 Å². The van der Waals surface area contributed by atoms with E-state index in [1.807, 2.05) is 18.7 Å². The maximum atomic E-state index is 12.8. The van der Waals surface area contributed by atoms with Crippen molar-refractivity contribution >= 4 is 22.4 Å². The Morgan fingerprint density at radius 3 is 2.78 bits per heavy atom. The van der Waals surface area contributed by atoms with E-state index in [1.54, 1.807) is 7.11 Å². The maximum absolute atomic E-state index is 12.8. The lowest BCUT2D eigenvalue weighted by atomic mass is 9.58. The molecule has 3 rings (SSSR count). The largest absolute Gasteiger partial charge is 0.392 e. The molecule has 1 saturated carbocycles. The van der Waals surface area contributed by atoms with Gasteiger partial charge in [0.1, 0.15) is 4.88 Å². The first kappa shape index (κ1) is 16.7. The van der Waals surface area contributed by atoms with Gasteiger partial charge in [-0.15, -0.1) is 0 Å². The van der Waals surface area contributed by atoms with Crippen molar-refractivity contribution in [3.63, 3.8) is 0 Å². The van der Waals surface area contributed by atoms with Gasteiger partial charge in [0.2, 0.25) is 0 Å². The number of carbonyl (C=O) groups is 1. The predicted octanol–water partition coefficient (Wildman–Crippen LogP) is 1.89. The first-order chi connectivity index (χ1) is 11.0. The Hall–Kier alpha value is -1.18. The number of carbonyl (C=O) groups excluding carboxylic acids is 1. The maximum Gasteiger partial charge on any atom is 0.265 e. The van der Waals surface area contributed by atoms with Gasteiger partial charge in [0, 0.05) is 38.6 Å². The molecule has 1 aromatic heterocycles. The van der Waals surface area contributed by atoms with Gasteiger partial charge in [-0.05, 0) is 26.7 Å². The fourth-order valence-corrected chi connectivity index (χ4v) is 4.81. The number of aromatic nitrogens is 1. The Labute approximate surface area is 140 Å². The third-order valence-electron chi connectivity index (χ3n) is 5.33. The summed E-state index contributed by atoms with van der Waals surface area (Å²) in [5.41, 5.74) is 0.637. The summed E-state index contributed by atoms with van der Waals surface area (Å²) in [6.45, 7) is 6.03. The van der Waals surface area contributed by atoms with Crippen LogP contribution in [0.1, 0.15) is 41.6 Å². The fraction of sp³-hybridized carbons (Fsp3) is 0.750. The molecular weight excluding hydrogens is 314 g/mol. The highest BCUT2D eigenvalue weighted by Crippen LogP contribution is 2.50. The fourth-order valence-electron chi connectivity index (χ4n) is 3.80. The Morgan fingerprint density at radius 2 is 2.22 bits per heavy atom. The van der Waals surface area contributed by atoms with Crippen LogP contribution in [0.25, 0.3) is 0 Å². The van der Waals surface area contributed by atoms with Gasteiger partial charge in [0.05, 0.1) is 17.9 Å². The molecule has 1 aliphatic carbocycles. The number of aryl methyl sites for hydroxylation is 1. The molecule has 1 aromatic rings. The standard InChI is InChI=1S/C16H25N3O3S/c1-4-17-15-18-10(2)13(23-15)14(21)19-7-5-16(6-8-19)11(20)9-12(16)22-3/h11-12,20H,4-9H2,1-3H3,(H,17,18)/t11-,12+/m0/s1. The van der Waals surface area contributed by atoms with E-state index in [2.05, 4.69) is 10.3 Å². The first-order valence-electron chi connectivity index (χ1n) is 8.23. The van der Waals surface area contributed by atoms with Crippen LogP contribution < -0.4 is 5.32 Å². The number of amides is 1. The Morgan fingerprint density at radius 1 is 1.52 bits per heavy atom. The SMILES string of the molecule is CCNc1nc(C)c(C(=O)N2CCC3(CC2)[C@@H](O)C[C@H]3OC)s1. The number of thiazole rings is 1.